The number of ketones is 1. The first-order chi connectivity index (χ1) is 13.7. The third-order valence-corrected chi connectivity index (χ3v) is 5.80. The minimum absolute atomic E-state index is 0.242. The number of benzene rings is 1. The minimum atomic E-state index is -1.03. The summed E-state index contributed by atoms with van der Waals surface area (Å²) >= 11 is 0. The van der Waals surface area contributed by atoms with Crippen molar-refractivity contribution in [2.24, 2.45) is 7.05 Å². The first-order valence-corrected chi connectivity index (χ1v) is 9.59. The maximum absolute atomic E-state index is 12.9. The number of carbonyl (C=O) groups excluding carboxylic acids is 3. The number of imide groups is 1. The summed E-state index contributed by atoms with van der Waals surface area (Å²) in [5, 5.41) is 2.77. The number of aromatic nitrogens is 1. The maximum atomic E-state index is 12.9. The minimum Gasteiger partial charge on any atom is -0.497 e. The van der Waals surface area contributed by atoms with Gasteiger partial charge in [-0.1, -0.05) is 12.1 Å². The van der Waals surface area contributed by atoms with Crippen LogP contribution >= 0.6 is 0 Å². The second kappa shape index (κ2) is 7.73. The lowest BCUT2D eigenvalue weighted by molar-refractivity contribution is -0.130. The lowest BCUT2D eigenvalue weighted by Gasteiger charge is -2.21. The van der Waals surface area contributed by atoms with Crippen LogP contribution in [-0.4, -0.2) is 46.4 Å². The zero-order chi connectivity index (χ0) is 21.3. The van der Waals surface area contributed by atoms with E-state index in [-0.39, 0.29) is 18.2 Å². The molecule has 1 aliphatic rings. The van der Waals surface area contributed by atoms with Gasteiger partial charge in [0.05, 0.1) is 13.7 Å². The fourth-order valence-corrected chi connectivity index (χ4v) is 3.61. The monoisotopic (exact) mass is 397 g/mol. The highest BCUT2D eigenvalue weighted by Crippen LogP contribution is 2.25. The van der Waals surface area contributed by atoms with Crippen LogP contribution < -0.4 is 10.1 Å². The number of rotatable bonds is 7. The van der Waals surface area contributed by atoms with Crippen LogP contribution in [0.1, 0.15) is 40.7 Å². The van der Waals surface area contributed by atoms with Crippen LogP contribution in [-0.2, 0) is 18.3 Å². The summed E-state index contributed by atoms with van der Waals surface area (Å²) in [6.07, 6.45) is 1.06. The third-order valence-electron chi connectivity index (χ3n) is 5.80. The molecule has 1 atom stereocenters. The van der Waals surface area contributed by atoms with E-state index in [1.54, 1.807) is 20.1 Å². The molecule has 1 aromatic heterocycles. The van der Waals surface area contributed by atoms with Crippen LogP contribution in [0.5, 0.6) is 5.75 Å². The van der Waals surface area contributed by atoms with E-state index in [4.69, 9.17) is 4.74 Å². The summed E-state index contributed by atoms with van der Waals surface area (Å²) in [7, 11) is 3.49. The Morgan fingerprint density at radius 2 is 1.83 bits per heavy atom. The molecular weight excluding hydrogens is 370 g/mol. The average molecular weight is 397 g/mol. The van der Waals surface area contributed by atoms with Gasteiger partial charge in [0.1, 0.15) is 11.3 Å². The lowest BCUT2D eigenvalue weighted by Crippen LogP contribution is -2.44. The van der Waals surface area contributed by atoms with Crippen molar-refractivity contribution in [3.8, 4) is 5.75 Å². The van der Waals surface area contributed by atoms with Crippen molar-refractivity contribution >= 4 is 17.7 Å². The molecule has 1 aromatic carbocycles. The van der Waals surface area contributed by atoms with Crippen molar-refractivity contribution in [2.75, 3.05) is 13.7 Å². The molecule has 29 heavy (non-hydrogen) atoms. The second-order valence-electron chi connectivity index (χ2n) is 7.77. The number of urea groups is 1. The van der Waals surface area contributed by atoms with Gasteiger partial charge in [-0.25, -0.2) is 4.79 Å². The summed E-state index contributed by atoms with van der Waals surface area (Å²) < 4.78 is 7.07. The number of ether oxygens (including phenoxy) is 1. The number of amides is 3. The van der Waals surface area contributed by atoms with Crippen LogP contribution in [0.15, 0.2) is 30.3 Å². The molecule has 3 amide bonds. The molecule has 7 nitrogen and oxygen atoms in total. The molecule has 2 heterocycles. The Morgan fingerprint density at radius 3 is 2.38 bits per heavy atom. The van der Waals surface area contributed by atoms with Crippen molar-refractivity contribution in [3.63, 3.8) is 0 Å². The number of aryl methyl sites for hydroxylation is 2. The molecule has 0 spiro atoms. The van der Waals surface area contributed by atoms with Crippen LogP contribution in [0.25, 0.3) is 0 Å². The van der Waals surface area contributed by atoms with E-state index in [2.05, 4.69) is 5.32 Å². The number of carbonyl (C=O) groups is 3. The number of hydrogen-bond donors (Lipinski definition) is 1. The topological polar surface area (TPSA) is 80.6 Å². The van der Waals surface area contributed by atoms with Crippen molar-refractivity contribution < 1.29 is 19.1 Å². The van der Waals surface area contributed by atoms with Crippen molar-refractivity contribution in [2.45, 2.75) is 39.2 Å². The Labute approximate surface area is 170 Å². The van der Waals surface area contributed by atoms with Gasteiger partial charge in [-0.3, -0.25) is 14.5 Å². The van der Waals surface area contributed by atoms with Crippen LogP contribution in [0.4, 0.5) is 4.79 Å². The molecule has 0 saturated carbocycles. The average Bonchev–Trinajstić information content (AvgIpc) is 3.08. The Balaban J connectivity index is 1.69. The van der Waals surface area contributed by atoms with Gasteiger partial charge in [-0.2, -0.15) is 0 Å². The zero-order valence-corrected chi connectivity index (χ0v) is 17.5. The number of methoxy groups -OCH3 is 1. The SMILES string of the molecule is COc1ccc(CC[C@]2(C)NC(=O)N(CC(=O)c3cc(C)n(C)c3C)C2=O)cc1. The smallest absolute Gasteiger partial charge is 0.325 e. The summed E-state index contributed by atoms with van der Waals surface area (Å²) in [6, 6.07) is 8.87. The Hall–Kier alpha value is -3.09. The highest BCUT2D eigenvalue weighted by atomic mass is 16.5. The molecule has 1 fully saturated rings. The van der Waals surface area contributed by atoms with Gasteiger partial charge in [0.2, 0.25) is 0 Å². The number of nitrogens with zero attached hydrogens (tertiary/aromatic N) is 2. The summed E-state index contributed by atoms with van der Waals surface area (Å²) in [5.74, 6) is 0.158. The highest BCUT2D eigenvalue weighted by molar-refractivity contribution is 6.11. The van der Waals surface area contributed by atoms with Gasteiger partial charge in [-0.15, -0.1) is 0 Å². The molecule has 0 aliphatic carbocycles. The number of Topliss-reactive ketones (excluding diaryl/α,β-unsaturated/α-hetero) is 1. The molecule has 0 unspecified atom stereocenters. The molecule has 7 heteroatoms. The largest absolute Gasteiger partial charge is 0.497 e. The van der Waals surface area contributed by atoms with E-state index in [1.165, 1.54) is 0 Å². The molecule has 3 rings (SSSR count). The van der Waals surface area contributed by atoms with Crippen LogP contribution in [0.3, 0.4) is 0 Å². The summed E-state index contributed by atoms with van der Waals surface area (Å²) in [4.78, 5) is 39.1. The molecule has 2 aromatic rings. The standard InChI is InChI=1S/C22H27N3O4/c1-14-12-18(15(2)24(14)4)19(26)13-25-20(27)22(3,23-21(25)28)11-10-16-6-8-17(29-5)9-7-16/h6-9,12H,10-11,13H2,1-5H3,(H,23,28)/t22-/m0/s1. The molecule has 1 N–H and O–H groups in total. The first kappa shape index (κ1) is 20.6. The second-order valence-corrected chi connectivity index (χ2v) is 7.77. The van der Waals surface area contributed by atoms with E-state index in [0.717, 1.165) is 27.6 Å². The van der Waals surface area contributed by atoms with Crippen LogP contribution in [0.2, 0.25) is 0 Å². The molecule has 1 saturated heterocycles. The van der Waals surface area contributed by atoms with Crippen molar-refractivity contribution in [1.82, 2.24) is 14.8 Å². The lowest BCUT2D eigenvalue weighted by atomic mass is 9.93. The fourth-order valence-electron chi connectivity index (χ4n) is 3.61. The van der Waals surface area contributed by atoms with Gasteiger partial charge in [-0.05, 0) is 57.4 Å². The van der Waals surface area contributed by atoms with E-state index >= 15 is 0 Å². The third kappa shape index (κ3) is 3.90. The zero-order valence-electron chi connectivity index (χ0n) is 17.5. The highest BCUT2D eigenvalue weighted by Gasteiger charge is 2.47. The number of nitrogens with one attached hydrogen (secondary N) is 1. The molecular formula is C22H27N3O4. The van der Waals surface area contributed by atoms with E-state index in [0.29, 0.717) is 18.4 Å². The van der Waals surface area contributed by atoms with E-state index < -0.39 is 11.6 Å². The van der Waals surface area contributed by atoms with E-state index in [1.807, 2.05) is 49.7 Å². The van der Waals surface area contributed by atoms with E-state index in [9.17, 15) is 14.4 Å². The van der Waals surface area contributed by atoms with Gasteiger partial charge in [0, 0.05) is 24.0 Å². The number of hydrogen-bond acceptors (Lipinski definition) is 4. The van der Waals surface area contributed by atoms with Gasteiger partial charge in [0.25, 0.3) is 5.91 Å². The summed E-state index contributed by atoms with van der Waals surface area (Å²) in [5.41, 5.74) is 2.32. The fraction of sp³-hybridized carbons (Fsp3) is 0.409. The molecule has 1 aliphatic heterocycles. The van der Waals surface area contributed by atoms with Crippen molar-refractivity contribution in [1.29, 1.82) is 0 Å². The molecule has 0 bridgehead atoms. The Bertz CT molecular complexity index is 961. The summed E-state index contributed by atoms with van der Waals surface area (Å²) in [6.45, 7) is 5.21. The Kier molecular flexibility index (Phi) is 5.50. The Morgan fingerprint density at radius 1 is 1.17 bits per heavy atom. The normalized spacial score (nSPS) is 18.9. The first-order valence-electron chi connectivity index (χ1n) is 9.59. The van der Waals surface area contributed by atoms with Gasteiger partial charge in [0.15, 0.2) is 5.78 Å². The molecule has 0 radical (unpaired) electrons. The quantitative estimate of drug-likeness (QED) is 0.575. The van der Waals surface area contributed by atoms with Gasteiger partial charge < -0.3 is 14.6 Å². The predicted octanol–water partition coefficient (Wildman–Crippen LogP) is 2.78. The predicted molar refractivity (Wildman–Crippen MR) is 109 cm³/mol. The van der Waals surface area contributed by atoms with Crippen molar-refractivity contribution in [3.05, 3.63) is 52.8 Å². The molecule has 154 valence electrons. The van der Waals surface area contributed by atoms with Gasteiger partial charge >= 0.3 is 6.03 Å². The van der Waals surface area contributed by atoms with Crippen LogP contribution in [0, 0.1) is 13.8 Å². The maximum Gasteiger partial charge on any atom is 0.325 e.